The molecule has 1 aromatic carbocycles. The van der Waals surface area contributed by atoms with E-state index in [0.29, 0.717) is 13.0 Å². The maximum Gasteiger partial charge on any atom is 0.237 e. The second-order valence-electron chi connectivity index (χ2n) is 6.25. The molecule has 5 nitrogen and oxygen atoms in total. The molecule has 3 N–H and O–H groups in total. The number of rotatable bonds is 6. The van der Waals surface area contributed by atoms with E-state index in [2.05, 4.69) is 24.3 Å². The number of nitrogens with zero attached hydrogens (tertiary/aromatic N) is 1. The summed E-state index contributed by atoms with van der Waals surface area (Å²) in [6, 6.07) is 9.36. The van der Waals surface area contributed by atoms with Crippen LogP contribution in [0.15, 0.2) is 30.3 Å². The van der Waals surface area contributed by atoms with Gasteiger partial charge >= 0.3 is 0 Å². The molecule has 122 valence electrons. The van der Waals surface area contributed by atoms with Gasteiger partial charge in [0.25, 0.3) is 0 Å². The summed E-state index contributed by atoms with van der Waals surface area (Å²) in [6.07, 6.45) is 2.41. The molecule has 0 aliphatic carbocycles. The third-order valence-corrected chi connectivity index (χ3v) is 4.60. The second-order valence-corrected chi connectivity index (χ2v) is 6.25. The Bertz CT molecular complexity index is 470. The minimum Gasteiger partial charge on any atom is -0.381 e. The fourth-order valence-electron chi connectivity index (χ4n) is 2.88. The van der Waals surface area contributed by atoms with Crippen molar-refractivity contribution in [3.63, 3.8) is 0 Å². The summed E-state index contributed by atoms with van der Waals surface area (Å²) in [4.78, 5) is 14.5. The van der Waals surface area contributed by atoms with E-state index in [1.165, 1.54) is 0 Å². The number of carbonyl (C=O) groups is 1. The number of nitrogens with two attached hydrogens (primary N) is 1. The molecule has 0 saturated carbocycles. The van der Waals surface area contributed by atoms with E-state index < -0.39 is 6.04 Å². The standard InChI is InChI=1S/C17H27N3O2/c1-20(2)17(8-10-22-11-9-17)13-19-16(21)15(18)12-14-6-4-3-5-7-14/h3-7,15H,8-13,18H2,1-2H3,(H,19,21). The molecule has 0 spiro atoms. The predicted molar refractivity (Wildman–Crippen MR) is 87.6 cm³/mol. The van der Waals surface area contributed by atoms with Gasteiger partial charge in [-0.2, -0.15) is 0 Å². The fourth-order valence-corrected chi connectivity index (χ4v) is 2.88. The summed E-state index contributed by atoms with van der Waals surface area (Å²) in [5.74, 6) is -0.0865. The first-order valence-electron chi connectivity index (χ1n) is 7.86. The lowest BCUT2D eigenvalue weighted by Crippen LogP contribution is -2.57. The smallest absolute Gasteiger partial charge is 0.237 e. The molecule has 1 aliphatic heterocycles. The van der Waals surface area contributed by atoms with Crippen molar-refractivity contribution >= 4 is 5.91 Å². The molecule has 2 rings (SSSR count). The lowest BCUT2D eigenvalue weighted by Gasteiger charge is -2.43. The van der Waals surface area contributed by atoms with Crippen molar-refractivity contribution in [2.75, 3.05) is 33.9 Å². The van der Waals surface area contributed by atoms with Crippen molar-refractivity contribution in [3.8, 4) is 0 Å². The van der Waals surface area contributed by atoms with Crippen molar-refractivity contribution in [2.45, 2.75) is 30.8 Å². The summed E-state index contributed by atoms with van der Waals surface area (Å²) >= 11 is 0. The molecule has 0 aromatic heterocycles. The topological polar surface area (TPSA) is 67.6 Å². The Morgan fingerprint density at radius 1 is 1.32 bits per heavy atom. The van der Waals surface area contributed by atoms with E-state index in [1.54, 1.807) is 0 Å². The van der Waals surface area contributed by atoms with Crippen LogP contribution in [0.1, 0.15) is 18.4 Å². The maximum absolute atomic E-state index is 12.3. The van der Waals surface area contributed by atoms with Crippen LogP contribution in [-0.4, -0.2) is 56.2 Å². The Kier molecular flexibility index (Phi) is 5.94. The maximum atomic E-state index is 12.3. The number of hydrogen-bond acceptors (Lipinski definition) is 4. The van der Waals surface area contributed by atoms with Crippen LogP contribution in [0.25, 0.3) is 0 Å². The average Bonchev–Trinajstić information content (AvgIpc) is 2.54. The van der Waals surface area contributed by atoms with Gasteiger partial charge < -0.3 is 20.7 Å². The van der Waals surface area contributed by atoms with Crippen LogP contribution >= 0.6 is 0 Å². The number of ether oxygens (including phenoxy) is 1. The fraction of sp³-hybridized carbons (Fsp3) is 0.588. The highest BCUT2D eigenvalue weighted by Crippen LogP contribution is 2.25. The van der Waals surface area contributed by atoms with Crippen molar-refractivity contribution in [1.82, 2.24) is 10.2 Å². The summed E-state index contributed by atoms with van der Waals surface area (Å²) in [5, 5.41) is 3.03. The lowest BCUT2D eigenvalue weighted by atomic mass is 9.88. The SMILES string of the molecule is CN(C)C1(CNC(=O)C(N)Cc2ccccc2)CCOCC1. The van der Waals surface area contributed by atoms with Crippen LogP contribution in [0.4, 0.5) is 0 Å². The minimum atomic E-state index is -0.513. The van der Waals surface area contributed by atoms with Gasteiger partial charge in [0.15, 0.2) is 0 Å². The number of likely N-dealkylation sites (N-methyl/N-ethyl adjacent to an activating group) is 1. The van der Waals surface area contributed by atoms with E-state index in [4.69, 9.17) is 10.5 Å². The second kappa shape index (κ2) is 7.72. The van der Waals surface area contributed by atoms with Gasteiger partial charge in [0.1, 0.15) is 0 Å². The zero-order valence-corrected chi connectivity index (χ0v) is 13.5. The van der Waals surface area contributed by atoms with E-state index in [1.807, 2.05) is 30.3 Å². The molecule has 5 heteroatoms. The highest BCUT2D eigenvalue weighted by atomic mass is 16.5. The first kappa shape index (κ1) is 16.9. The lowest BCUT2D eigenvalue weighted by molar-refractivity contribution is -0.123. The number of amides is 1. The average molecular weight is 305 g/mol. The molecule has 1 saturated heterocycles. The summed E-state index contributed by atoms with van der Waals surface area (Å²) in [7, 11) is 4.11. The third kappa shape index (κ3) is 4.29. The molecule has 1 atom stereocenters. The predicted octanol–water partition coefficient (Wildman–Crippen LogP) is 0.783. The zero-order valence-electron chi connectivity index (χ0n) is 13.5. The van der Waals surface area contributed by atoms with Crippen LogP contribution < -0.4 is 11.1 Å². The highest BCUT2D eigenvalue weighted by molar-refractivity contribution is 5.81. The van der Waals surface area contributed by atoms with Crippen LogP contribution in [0.3, 0.4) is 0 Å². The van der Waals surface area contributed by atoms with Crippen molar-refractivity contribution in [1.29, 1.82) is 0 Å². The Morgan fingerprint density at radius 3 is 2.55 bits per heavy atom. The summed E-state index contributed by atoms with van der Waals surface area (Å²) < 4.78 is 5.44. The molecular formula is C17H27N3O2. The summed E-state index contributed by atoms with van der Waals surface area (Å²) in [6.45, 7) is 2.10. The van der Waals surface area contributed by atoms with Crippen LogP contribution in [0.5, 0.6) is 0 Å². The zero-order chi connectivity index (χ0) is 16.0. The molecule has 1 unspecified atom stereocenters. The van der Waals surface area contributed by atoms with Crippen molar-refractivity contribution in [3.05, 3.63) is 35.9 Å². The van der Waals surface area contributed by atoms with Gasteiger partial charge in [0, 0.05) is 25.3 Å². The van der Waals surface area contributed by atoms with Gasteiger partial charge in [-0.1, -0.05) is 30.3 Å². The molecular weight excluding hydrogens is 278 g/mol. The van der Waals surface area contributed by atoms with Crippen LogP contribution in [-0.2, 0) is 16.0 Å². The minimum absolute atomic E-state index is 0.0274. The number of hydrogen-bond donors (Lipinski definition) is 2. The largest absolute Gasteiger partial charge is 0.381 e. The monoisotopic (exact) mass is 305 g/mol. The van der Waals surface area contributed by atoms with Gasteiger partial charge in [-0.15, -0.1) is 0 Å². The van der Waals surface area contributed by atoms with E-state index in [9.17, 15) is 4.79 Å². The highest BCUT2D eigenvalue weighted by Gasteiger charge is 2.35. The quantitative estimate of drug-likeness (QED) is 0.815. The molecule has 1 fully saturated rings. The first-order chi connectivity index (χ1) is 10.5. The van der Waals surface area contributed by atoms with Crippen molar-refractivity contribution in [2.24, 2.45) is 5.73 Å². The third-order valence-electron chi connectivity index (χ3n) is 4.60. The van der Waals surface area contributed by atoms with E-state index in [0.717, 1.165) is 31.6 Å². The first-order valence-corrected chi connectivity index (χ1v) is 7.86. The van der Waals surface area contributed by atoms with Crippen LogP contribution in [0, 0.1) is 0 Å². The molecule has 1 aromatic rings. The van der Waals surface area contributed by atoms with E-state index >= 15 is 0 Å². The molecule has 1 aliphatic rings. The Morgan fingerprint density at radius 2 is 1.95 bits per heavy atom. The summed E-state index contributed by atoms with van der Waals surface area (Å²) in [5.41, 5.74) is 7.09. The van der Waals surface area contributed by atoms with Gasteiger partial charge in [-0.25, -0.2) is 0 Å². The normalized spacial score (nSPS) is 18.9. The molecule has 1 amide bonds. The van der Waals surface area contributed by atoms with Crippen molar-refractivity contribution < 1.29 is 9.53 Å². The number of carbonyl (C=O) groups excluding carboxylic acids is 1. The Balaban J connectivity index is 1.88. The molecule has 0 bridgehead atoms. The Hall–Kier alpha value is -1.43. The van der Waals surface area contributed by atoms with E-state index in [-0.39, 0.29) is 11.4 Å². The van der Waals surface area contributed by atoms with Gasteiger partial charge in [-0.05, 0) is 38.9 Å². The van der Waals surface area contributed by atoms with Gasteiger partial charge in [-0.3, -0.25) is 4.79 Å². The van der Waals surface area contributed by atoms with Gasteiger partial charge in [0.05, 0.1) is 6.04 Å². The Labute approximate surface area is 132 Å². The molecule has 1 heterocycles. The number of nitrogens with one attached hydrogen (secondary N) is 1. The van der Waals surface area contributed by atoms with Crippen LogP contribution in [0.2, 0.25) is 0 Å². The number of benzene rings is 1. The molecule has 22 heavy (non-hydrogen) atoms. The molecule has 0 radical (unpaired) electrons. The van der Waals surface area contributed by atoms with Gasteiger partial charge in [0.2, 0.25) is 5.91 Å².